The summed E-state index contributed by atoms with van der Waals surface area (Å²) in [6.07, 6.45) is 2.52. The predicted octanol–water partition coefficient (Wildman–Crippen LogP) is 1.67. The van der Waals surface area contributed by atoms with Gasteiger partial charge in [-0.3, -0.25) is 9.59 Å². The largest absolute Gasteiger partial charge is 0.497 e. The molecule has 2 heterocycles. The summed E-state index contributed by atoms with van der Waals surface area (Å²) in [5.41, 5.74) is 1.06. The minimum absolute atomic E-state index is 0.0772. The van der Waals surface area contributed by atoms with Crippen molar-refractivity contribution in [2.45, 2.75) is 25.8 Å². The number of hydrogen-bond acceptors (Lipinski definition) is 3. The fourth-order valence-electron chi connectivity index (χ4n) is 3.24. The second-order valence-corrected chi connectivity index (χ2v) is 6.06. The van der Waals surface area contributed by atoms with Gasteiger partial charge in [0.05, 0.1) is 13.0 Å². The van der Waals surface area contributed by atoms with Crippen LogP contribution in [0.2, 0.25) is 0 Å². The first-order valence-electron chi connectivity index (χ1n) is 7.87. The highest BCUT2D eigenvalue weighted by Crippen LogP contribution is 2.24. The maximum absolute atomic E-state index is 12.4. The van der Waals surface area contributed by atoms with Gasteiger partial charge in [-0.2, -0.15) is 0 Å². The molecule has 2 aliphatic rings. The normalized spacial score (nSPS) is 21.5. The van der Waals surface area contributed by atoms with Crippen LogP contribution < -0.4 is 4.74 Å². The molecule has 5 nitrogen and oxygen atoms in total. The van der Waals surface area contributed by atoms with E-state index in [1.807, 2.05) is 29.2 Å². The van der Waals surface area contributed by atoms with E-state index in [1.54, 1.807) is 12.0 Å². The van der Waals surface area contributed by atoms with Gasteiger partial charge in [0.25, 0.3) is 0 Å². The number of methoxy groups -OCH3 is 1. The molecule has 118 valence electrons. The van der Waals surface area contributed by atoms with Gasteiger partial charge in [-0.15, -0.1) is 0 Å². The standard InChI is InChI=1S/C17H22N2O3/c1-22-15-6-4-13(5-7-15)11-19-12-14(10-16(19)20)17(21)18-8-2-3-9-18/h4-7,14H,2-3,8-12H2,1H3/t14-/m1/s1. The number of carbonyl (C=O) groups is 2. The number of amides is 2. The lowest BCUT2D eigenvalue weighted by Gasteiger charge is -2.20. The van der Waals surface area contributed by atoms with E-state index in [0.717, 1.165) is 37.2 Å². The van der Waals surface area contributed by atoms with Gasteiger partial charge >= 0.3 is 0 Å². The molecule has 1 atom stereocenters. The molecule has 3 rings (SSSR count). The molecule has 0 unspecified atom stereocenters. The molecule has 0 spiro atoms. The fraction of sp³-hybridized carbons (Fsp3) is 0.529. The summed E-state index contributed by atoms with van der Waals surface area (Å²) in [7, 11) is 1.63. The zero-order valence-electron chi connectivity index (χ0n) is 13.0. The third-order valence-corrected chi connectivity index (χ3v) is 4.51. The Labute approximate surface area is 130 Å². The van der Waals surface area contributed by atoms with Gasteiger partial charge in [-0.05, 0) is 30.5 Å². The number of benzene rings is 1. The molecule has 0 radical (unpaired) electrons. The smallest absolute Gasteiger partial charge is 0.227 e. The zero-order chi connectivity index (χ0) is 15.5. The number of likely N-dealkylation sites (tertiary alicyclic amines) is 2. The molecular formula is C17H22N2O3. The molecule has 2 saturated heterocycles. The highest BCUT2D eigenvalue weighted by molar-refractivity contribution is 5.89. The van der Waals surface area contributed by atoms with Crippen molar-refractivity contribution >= 4 is 11.8 Å². The molecule has 0 saturated carbocycles. The molecule has 0 bridgehead atoms. The van der Waals surface area contributed by atoms with E-state index in [1.165, 1.54) is 0 Å². The van der Waals surface area contributed by atoms with Crippen molar-refractivity contribution in [3.63, 3.8) is 0 Å². The fourth-order valence-corrected chi connectivity index (χ4v) is 3.24. The van der Waals surface area contributed by atoms with E-state index in [9.17, 15) is 9.59 Å². The third kappa shape index (κ3) is 3.08. The molecule has 1 aromatic rings. The molecule has 22 heavy (non-hydrogen) atoms. The van der Waals surface area contributed by atoms with Gasteiger partial charge in [0.15, 0.2) is 0 Å². The first-order valence-corrected chi connectivity index (χ1v) is 7.87. The number of rotatable bonds is 4. The Morgan fingerprint density at radius 2 is 1.91 bits per heavy atom. The predicted molar refractivity (Wildman–Crippen MR) is 82.3 cm³/mol. The second-order valence-electron chi connectivity index (χ2n) is 6.06. The van der Waals surface area contributed by atoms with Crippen molar-refractivity contribution in [1.82, 2.24) is 9.80 Å². The molecule has 0 N–H and O–H groups in total. The van der Waals surface area contributed by atoms with E-state index in [4.69, 9.17) is 4.74 Å². The van der Waals surface area contributed by atoms with Crippen LogP contribution in [0.15, 0.2) is 24.3 Å². The van der Waals surface area contributed by atoms with Crippen molar-refractivity contribution in [3.8, 4) is 5.75 Å². The molecule has 0 aromatic heterocycles. The molecule has 5 heteroatoms. The minimum Gasteiger partial charge on any atom is -0.497 e. The molecule has 2 amide bonds. The average Bonchev–Trinajstić information content (AvgIpc) is 3.18. The van der Waals surface area contributed by atoms with E-state index in [0.29, 0.717) is 19.5 Å². The van der Waals surface area contributed by atoms with Crippen LogP contribution in [0.3, 0.4) is 0 Å². The average molecular weight is 302 g/mol. The van der Waals surface area contributed by atoms with Gasteiger partial charge in [-0.1, -0.05) is 12.1 Å². The topological polar surface area (TPSA) is 49.9 Å². The van der Waals surface area contributed by atoms with Crippen LogP contribution in [0.25, 0.3) is 0 Å². The summed E-state index contributed by atoms with van der Waals surface area (Å²) >= 11 is 0. The van der Waals surface area contributed by atoms with Crippen LogP contribution in [-0.4, -0.2) is 48.4 Å². The number of nitrogens with zero attached hydrogens (tertiary/aromatic N) is 2. The quantitative estimate of drug-likeness (QED) is 0.850. The Hall–Kier alpha value is -2.04. The summed E-state index contributed by atoms with van der Waals surface area (Å²) in [5.74, 6) is 0.874. The van der Waals surface area contributed by atoms with Gasteiger partial charge in [0.2, 0.25) is 11.8 Å². The number of hydrogen-bond donors (Lipinski definition) is 0. The van der Waals surface area contributed by atoms with Gasteiger partial charge < -0.3 is 14.5 Å². The van der Waals surface area contributed by atoms with Crippen molar-refractivity contribution in [1.29, 1.82) is 0 Å². The van der Waals surface area contributed by atoms with Crippen LogP contribution in [0.1, 0.15) is 24.8 Å². The molecule has 1 aromatic carbocycles. The molecular weight excluding hydrogens is 280 g/mol. The first-order chi connectivity index (χ1) is 10.7. The van der Waals surface area contributed by atoms with Gasteiger partial charge in [0.1, 0.15) is 5.75 Å². The lowest BCUT2D eigenvalue weighted by molar-refractivity contribution is -0.134. The maximum atomic E-state index is 12.4. The Morgan fingerprint density at radius 3 is 2.55 bits per heavy atom. The van der Waals surface area contributed by atoms with Crippen LogP contribution in [-0.2, 0) is 16.1 Å². The lowest BCUT2D eigenvalue weighted by atomic mass is 10.1. The van der Waals surface area contributed by atoms with Crippen LogP contribution in [0.4, 0.5) is 0 Å². The monoisotopic (exact) mass is 302 g/mol. The summed E-state index contributed by atoms with van der Waals surface area (Å²) < 4.78 is 5.14. The van der Waals surface area contributed by atoms with Crippen LogP contribution in [0.5, 0.6) is 5.75 Å². The molecule has 2 aliphatic heterocycles. The summed E-state index contributed by atoms with van der Waals surface area (Å²) in [6.45, 7) is 2.80. The van der Waals surface area contributed by atoms with Crippen molar-refractivity contribution in [2.24, 2.45) is 5.92 Å². The highest BCUT2D eigenvalue weighted by atomic mass is 16.5. The van der Waals surface area contributed by atoms with Crippen molar-refractivity contribution in [3.05, 3.63) is 29.8 Å². The van der Waals surface area contributed by atoms with Crippen molar-refractivity contribution < 1.29 is 14.3 Å². The van der Waals surface area contributed by atoms with Gasteiger partial charge in [0, 0.05) is 32.6 Å². The SMILES string of the molecule is COc1ccc(CN2C[C@H](C(=O)N3CCCC3)CC2=O)cc1. The third-order valence-electron chi connectivity index (χ3n) is 4.51. The summed E-state index contributed by atoms with van der Waals surface area (Å²) in [5, 5.41) is 0. The van der Waals surface area contributed by atoms with E-state index >= 15 is 0 Å². The first kappa shape index (κ1) is 14.9. The maximum Gasteiger partial charge on any atom is 0.227 e. The number of ether oxygens (including phenoxy) is 1. The molecule has 0 aliphatic carbocycles. The van der Waals surface area contributed by atoms with E-state index in [2.05, 4.69) is 0 Å². The van der Waals surface area contributed by atoms with Crippen LogP contribution >= 0.6 is 0 Å². The summed E-state index contributed by atoms with van der Waals surface area (Å²) in [4.78, 5) is 28.3. The van der Waals surface area contributed by atoms with E-state index in [-0.39, 0.29) is 17.7 Å². The summed E-state index contributed by atoms with van der Waals surface area (Å²) in [6, 6.07) is 7.70. The highest BCUT2D eigenvalue weighted by Gasteiger charge is 2.36. The number of carbonyl (C=O) groups excluding carboxylic acids is 2. The molecule has 2 fully saturated rings. The van der Waals surface area contributed by atoms with Gasteiger partial charge in [-0.25, -0.2) is 0 Å². The lowest BCUT2D eigenvalue weighted by Crippen LogP contribution is -2.35. The van der Waals surface area contributed by atoms with Crippen molar-refractivity contribution in [2.75, 3.05) is 26.7 Å². The Kier molecular flexibility index (Phi) is 4.32. The second kappa shape index (κ2) is 6.38. The van der Waals surface area contributed by atoms with E-state index < -0.39 is 0 Å². The Bertz CT molecular complexity index is 550. The Balaban J connectivity index is 1.60. The zero-order valence-corrected chi connectivity index (χ0v) is 13.0. The Morgan fingerprint density at radius 1 is 1.23 bits per heavy atom. The van der Waals surface area contributed by atoms with Crippen LogP contribution in [0, 0.1) is 5.92 Å². The minimum atomic E-state index is -0.163.